The number of hydrogen-bond acceptors (Lipinski definition) is 8. The van der Waals surface area contributed by atoms with Gasteiger partial charge in [-0.2, -0.15) is 26.3 Å². The SMILES string of the molecule is COc1ccc(-c2ccc(C(=O)O)cc2C)cc1-c1cnc(N2CCOCC2)nc1CN1C(=O)O[C@H](c2cc(C(F)(F)F)cc(C(F)(F)F)c2)C12CCC2. The molecule has 3 aromatic carbocycles. The summed E-state index contributed by atoms with van der Waals surface area (Å²) in [5, 5.41) is 9.48. The van der Waals surface area contributed by atoms with Gasteiger partial charge < -0.3 is 24.2 Å². The molecule has 16 heteroatoms. The fraction of sp³-hybridized carbons (Fsp3) is 0.368. The quantitative estimate of drug-likeness (QED) is 0.177. The predicted molar refractivity (Wildman–Crippen MR) is 182 cm³/mol. The zero-order valence-electron chi connectivity index (χ0n) is 29.1. The molecule has 1 aliphatic carbocycles. The minimum absolute atomic E-state index is 0.0509. The van der Waals surface area contributed by atoms with E-state index in [2.05, 4.69) is 4.98 Å². The number of carbonyl (C=O) groups excluding carboxylic acids is 1. The number of anilines is 1. The molecule has 1 amide bonds. The van der Waals surface area contributed by atoms with Gasteiger partial charge in [0, 0.05) is 30.4 Å². The Bertz CT molecular complexity index is 2080. The average molecular weight is 757 g/mol. The van der Waals surface area contributed by atoms with E-state index >= 15 is 0 Å². The third-order valence-corrected chi connectivity index (χ3v) is 10.3. The second-order valence-corrected chi connectivity index (χ2v) is 13.5. The number of methoxy groups -OCH3 is 1. The van der Waals surface area contributed by atoms with E-state index in [1.807, 2.05) is 17.0 Å². The Kier molecular flexibility index (Phi) is 9.44. The van der Waals surface area contributed by atoms with Gasteiger partial charge in [0.25, 0.3) is 0 Å². The van der Waals surface area contributed by atoms with Crippen molar-refractivity contribution in [3.05, 3.63) is 94.3 Å². The first kappa shape index (κ1) is 37.0. The number of morpholine rings is 1. The van der Waals surface area contributed by atoms with E-state index in [0.29, 0.717) is 84.5 Å². The van der Waals surface area contributed by atoms with Crippen LogP contribution in [-0.2, 0) is 28.4 Å². The van der Waals surface area contributed by atoms with Crippen molar-refractivity contribution in [1.82, 2.24) is 14.9 Å². The Morgan fingerprint density at radius 1 is 0.944 bits per heavy atom. The fourth-order valence-electron chi connectivity index (χ4n) is 7.42. The average Bonchev–Trinajstić information content (AvgIpc) is 3.42. The molecule has 10 nitrogen and oxygen atoms in total. The maximum Gasteiger partial charge on any atom is 0.416 e. The van der Waals surface area contributed by atoms with Gasteiger partial charge in [-0.3, -0.25) is 4.90 Å². The summed E-state index contributed by atoms with van der Waals surface area (Å²) in [4.78, 5) is 38.2. The highest BCUT2D eigenvalue weighted by Gasteiger charge is 2.59. The monoisotopic (exact) mass is 756 g/mol. The lowest BCUT2D eigenvalue weighted by molar-refractivity contribution is -0.143. The van der Waals surface area contributed by atoms with Crippen molar-refractivity contribution >= 4 is 18.0 Å². The molecule has 1 saturated carbocycles. The number of hydrogen-bond donors (Lipinski definition) is 1. The summed E-state index contributed by atoms with van der Waals surface area (Å²) in [5.41, 5.74) is -1.04. The molecule has 0 radical (unpaired) electrons. The lowest BCUT2D eigenvalue weighted by Gasteiger charge is -2.46. The zero-order valence-corrected chi connectivity index (χ0v) is 29.1. The molecule has 0 unspecified atom stereocenters. The summed E-state index contributed by atoms with van der Waals surface area (Å²) < 4.78 is 100. The van der Waals surface area contributed by atoms with Crippen molar-refractivity contribution in [2.75, 3.05) is 38.3 Å². The van der Waals surface area contributed by atoms with E-state index in [1.54, 1.807) is 31.3 Å². The van der Waals surface area contributed by atoms with Gasteiger partial charge in [-0.1, -0.05) is 12.1 Å². The number of aryl methyl sites for hydroxylation is 1. The molecule has 0 bridgehead atoms. The lowest BCUT2D eigenvalue weighted by atomic mass is 9.70. The minimum Gasteiger partial charge on any atom is -0.496 e. The molecule has 4 aromatic rings. The van der Waals surface area contributed by atoms with Gasteiger partial charge in [-0.05, 0) is 90.9 Å². The van der Waals surface area contributed by atoms with Crippen LogP contribution in [0.3, 0.4) is 0 Å². The number of halogens is 6. The first-order valence-electron chi connectivity index (χ1n) is 17.1. The highest BCUT2D eigenvalue weighted by atomic mass is 19.4. The molecular formula is C38H34F6N4O6. The highest BCUT2D eigenvalue weighted by Crippen LogP contribution is 2.55. The van der Waals surface area contributed by atoms with Gasteiger partial charge in [-0.25, -0.2) is 19.6 Å². The summed E-state index contributed by atoms with van der Waals surface area (Å²) in [6.07, 6.45) is -9.81. The molecule has 1 N–H and O–H groups in total. The van der Waals surface area contributed by atoms with Gasteiger partial charge in [0.2, 0.25) is 5.95 Å². The molecule has 3 fully saturated rings. The van der Waals surface area contributed by atoms with Crippen LogP contribution in [-0.4, -0.2) is 71.0 Å². The van der Waals surface area contributed by atoms with Gasteiger partial charge in [-0.15, -0.1) is 0 Å². The summed E-state index contributed by atoms with van der Waals surface area (Å²) in [7, 11) is 1.48. The summed E-state index contributed by atoms with van der Waals surface area (Å²) in [6, 6.07) is 11.4. The van der Waals surface area contributed by atoms with Crippen molar-refractivity contribution in [3.63, 3.8) is 0 Å². The number of rotatable bonds is 8. The molecule has 284 valence electrons. The molecular weight excluding hydrogens is 722 g/mol. The molecule has 54 heavy (non-hydrogen) atoms. The normalized spacial score (nSPS) is 18.4. The van der Waals surface area contributed by atoms with Crippen LogP contribution in [0.25, 0.3) is 22.3 Å². The summed E-state index contributed by atoms with van der Waals surface area (Å²) in [5.74, 6) is -0.305. The molecule has 7 rings (SSSR count). The number of carboxylic acid groups (broad SMARTS) is 1. The Morgan fingerprint density at radius 2 is 1.63 bits per heavy atom. The number of aromatic nitrogens is 2. The Morgan fingerprint density at radius 3 is 2.20 bits per heavy atom. The predicted octanol–water partition coefficient (Wildman–Crippen LogP) is 8.32. The number of benzene rings is 3. The van der Waals surface area contributed by atoms with E-state index < -0.39 is 52.7 Å². The molecule has 2 saturated heterocycles. The molecule has 3 heterocycles. The number of carboxylic acids is 1. The Labute approximate surface area is 305 Å². The minimum atomic E-state index is -5.08. The van der Waals surface area contributed by atoms with Gasteiger partial charge >= 0.3 is 24.4 Å². The van der Waals surface area contributed by atoms with Crippen molar-refractivity contribution in [2.45, 2.75) is 56.7 Å². The molecule has 1 spiro atoms. The van der Waals surface area contributed by atoms with E-state index in [9.17, 15) is 41.0 Å². The van der Waals surface area contributed by atoms with Gasteiger partial charge in [0.1, 0.15) is 5.75 Å². The van der Waals surface area contributed by atoms with E-state index in [0.717, 1.165) is 5.56 Å². The topological polar surface area (TPSA) is 114 Å². The first-order chi connectivity index (χ1) is 25.6. The molecule has 1 atom stereocenters. The molecule has 3 aliphatic rings. The second-order valence-electron chi connectivity index (χ2n) is 13.5. The number of alkyl halides is 6. The molecule has 1 aromatic heterocycles. The van der Waals surface area contributed by atoms with Crippen LogP contribution in [0.4, 0.5) is 37.1 Å². The zero-order chi connectivity index (χ0) is 38.6. The first-order valence-corrected chi connectivity index (χ1v) is 17.1. The van der Waals surface area contributed by atoms with Crippen molar-refractivity contribution < 1.29 is 55.2 Å². The Hall–Kier alpha value is -5.38. The largest absolute Gasteiger partial charge is 0.496 e. The van der Waals surface area contributed by atoms with E-state index in [4.69, 9.17) is 19.2 Å². The fourth-order valence-corrected chi connectivity index (χ4v) is 7.42. The van der Waals surface area contributed by atoms with Crippen LogP contribution >= 0.6 is 0 Å². The maximum atomic E-state index is 13.9. The number of ether oxygens (including phenoxy) is 3. The van der Waals surface area contributed by atoms with Crippen LogP contribution < -0.4 is 9.64 Å². The summed E-state index contributed by atoms with van der Waals surface area (Å²) in [6.45, 7) is 3.39. The van der Waals surface area contributed by atoms with Gasteiger partial charge in [0.05, 0.1) is 54.8 Å². The van der Waals surface area contributed by atoms with E-state index in [-0.39, 0.29) is 31.0 Å². The van der Waals surface area contributed by atoms with Crippen LogP contribution in [0, 0.1) is 6.92 Å². The Balaban J connectivity index is 1.33. The third kappa shape index (κ3) is 6.78. The second kappa shape index (κ2) is 13.8. The van der Waals surface area contributed by atoms with E-state index in [1.165, 1.54) is 18.1 Å². The third-order valence-electron chi connectivity index (χ3n) is 10.3. The maximum absolute atomic E-state index is 13.9. The smallest absolute Gasteiger partial charge is 0.416 e. The van der Waals surface area contributed by atoms with Crippen molar-refractivity contribution in [1.29, 1.82) is 0 Å². The number of carbonyl (C=O) groups is 2. The summed E-state index contributed by atoms with van der Waals surface area (Å²) >= 11 is 0. The number of cyclic esters (lactones) is 1. The lowest BCUT2D eigenvalue weighted by Crippen LogP contribution is -2.53. The highest BCUT2D eigenvalue weighted by molar-refractivity contribution is 5.89. The number of aromatic carboxylic acids is 1. The van der Waals surface area contributed by atoms with Crippen LogP contribution in [0.5, 0.6) is 5.75 Å². The van der Waals surface area contributed by atoms with Crippen molar-refractivity contribution in [3.8, 4) is 28.0 Å². The number of amides is 1. The van der Waals surface area contributed by atoms with Crippen LogP contribution in [0.1, 0.15) is 63.7 Å². The molecule has 2 aliphatic heterocycles. The number of nitrogens with zero attached hydrogens (tertiary/aromatic N) is 4. The van der Waals surface area contributed by atoms with Gasteiger partial charge in [0.15, 0.2) is 6.10 Å². The van der Waals surface area contributed by atoms with Crippen LogP contribution in [0.2, 0.25) is 0 Å². The standard InChI is InChI=1S/C38H34F6N4O6/c1-21-14-23(33(49)50)4-6-27(21)22-5-7-31(52-2)28(17-22)29-19-45-34(47-10-12-53-13-11-47)46-30(29)20-48-35(51)54-32(36(48)8-3-9-36)24-15-25(37(39,40)41)18-26(16-24)38(42,43)44/h4-7,14-19,32H,3,8-13,20H2,1-2H3,(H,49,50)/t32-/m1/s1. The van der Waals surface area contributed by atoms with Crippen molar-refractivity contribution in [2.24, 2.45) is 0 Å². The van der Waals surface area contributed by atoms with Crippen LogP contribution in [0.15, 0.2) is 60.8 Å².